The second-order valence-corrected chi connectivity index (χ2v) is 17.0. The Morgan fingerprint density at radius 1 is 0.328 bits per heavy atom. The molecule has 0 amide bonds. The van der Waals surface area contributed by atoms with Gasteiger partial charge in [0, 0.05) is 78.7 Å². The first kappa shape index (κ1) is 32.0. The molecule has 0 radical (unpaired) electrons. The van der Waals surface area contributed by atoms with Crippen LogP contribution >= 0.6 is 22.7 Å². The van der Waals surface area contributed by atoms with Crippen molar-refractivity contribution in [2.75, 3.05) is 0 Å². The molecule has 0 aliphatic carbocycles. The van der Waals surface area contributed by atoms with Crippen LogP contribution in [0.15, 0.2) is 182 Å². The number of aromatic nitrogens is 4. The highest BCUT2D eigenvalue weighted by molar-refractivity contribution is 7.26. The molecule has 0 bridgehead atoms. The monoisotopic (exact) mass is 774 g/mol. The number of para-hydroxylation sites is 3. The number of hydrogen-bond donors (Lipinski definition) is 0. The molecular weight excluding hydrogens is 745 g/mol. The van der Waals surface area contributed by atoms with Crippen molar-refractivity contribution in [3.8, 4) is 34.2 Å². The van der Waals surface area contributed by atoms with Gasteiger partial charge in [-0.15, -0.1) is 22.7 Å². The molecule has 0 N–H and O–H groups in total. The van der Waals surface area contributed by atoms with Crippen molar-refractivity contribution in [2.24, 2.45) is 0 Å². The molecule has 0 fully saturated rings. The molecule has 0 atom stereocenters. The molecule has 58 heavy (non-hydrogen) atoms. The summed E-state index contributed by atoms with van der Waals surface area (Å²) < 4.78 is 9.67. The van der Waals surface area contributed by atoms with Gasteiger partial charge in [-0.2, -0.15) is 0 Å². The van der Waals surface area contributed by atoms with Crippen LogP contribution in [0.25, 0.3) is 118 Å². The Morgan fingerprint density at radius 3 is 1.31 bits per heavy atom. The largest absolute Gasteiger partial charge is 0.309 e. The quantitative estimate of drug-likeness (QED) is 0.178. The fourth-order valence-electron chi connectivity index (χ4n) is 9.22. The fourth-order valence-corrected chi connectivity index (χ4v) is 11.7. The van der Waals surface area contributed by atoms with Gasteiger partial charge in [-0.3, -0.25) is 4.57 Å². The van der Waals surface area contributed by atoms with Crippen LogP contribution in [0.4, 0.5) is 0 Å². The first-order valence-electron chi connectivity index (χ1n) is 19.5. The van der Waals surface area contributed by atoms with Crippen LogP contribution < -0.4 is 0 Å². The van der Waals surface area contributed by atoms with Gasteiger partial charge < -0.3 is 4.57 Å². The molecule has 0 aliphatic heterocycles. The lowest BCUT2D eigenvalue weighted by Crippen LogP contribution is -2.04. The summed E-state index contributed by atoms with van der Waals surface area (Å²) in [6, 6.07) is 65.7. The van der Waals surface area contributed by atoms with Gasteiger partial charge in [-0.05, 0) is 54.6 Å². The zero-order valence-corrected chi connectivity index (χ0v) is 32.6. The zero-order chi connectivity index (χ0) is 37.9. The second kappa shape index (κ2) is 12.2. The molecule has 6 heteroatoms. The van der Waals surface area contributed by atoms with Crippen LogP contribution in [-0.4, -0.2) is 19.1 Å². The van der Waals surface area contributed by atoms with E-state index in [0.29, 0.717) is 5.95 Å². The molecule has 13 rings (SSSR count). The van der Waals surface area contributed by atoms with E-state index in [4.69, 9.17) is 9.97 Å². The fraction of sp³-hybridized carbons (Fsp3) is 0. The Hall–Kier alpha value is -7.12. The van der Waals surface area contributed by atoms with Crippen LogP contribution in [0.2, 0.25) is 0 Å². The van der Waals surface area contributed by atoms with E-state index in [1.165, 1.54) is 62.2 Å². The Kier molecular flexibility index (Phi) is 6.73. The first-order valence-corrected chi connectivity index (χ1v) is 21.1. The van der Waals surface area contributed by atoms with Crippen molar-refractivity contribution in [2.45, 2.75) is 0 Å². The summed E-state index contributed by atoms with van der Waals surface area (Å²) >= 11 is 3.67. The standard InChI is InChI=1S/C52H30N4S2/c1-6-22-44-32(13-1)33-14-2-7-23-45(33)55(44)31-27-28-47-41(29-31)34-15-3-8-24-46(34)56(47)52-53-42(39-20-11-18-37-35-16-4-9-25-48(35)57-50(37)39)30-43(54-52)40-21-12-19-38-36-17-5-10-26-49(36)58-51(38)40/h1-30H. The van der Waals surface area contributed by atoms with E-state index in [2.05, 4.69) is 191 Å². The lowest BCUT2D eigenvalue weighted by molar-refractivity contribution is 0.996. The van der Waals surface area contributed by atoms with E-state index in [-0.39, 0.29) is 0 Å². The minimum absolute atomic E-state index is 0.652. The number of benzene rings is 8. The van der Waals surface area contributed by atoms with Gasteiger partial charge in [-0.1, -0.05) is 127 Å². The van der Waals surface area contributed by atoms with E-state index >= 15 is 0 Å². The second-order valence-electron chi connectivity index (χ2n) is 14.9. The molecular formula is C52H30N4S2. The van der Waals surface area contributed by atoms with Crippen molar-refractivity contribution >= 4 is 107 Å². The Bertz CT molecular complexity index is 3640. The van der Waals surface area contributed by atoms with E-state index in [0.717, 1.165) is 50.0 Å². The van der Waals surface area contributed by atoms with Gasteiger partial charge in [0.1, 0.15) is 0 Å². The Labute approximate surface area is 340 Å². The summed E-state index contributed by atoms with van der Waals surface area (Å²) in [5.41, 5.74) is 9.68. The van der Waals surface area contributed by atoms with Gasteiger partial charge in [-0.25, -0.2) is 9.97 Å². The Morgan fingerprint density at radius 2 is 0.759 bits per heavy atom. The number of thiophene rings is 2. The summed E-state index contributed by atoms with van der Waals surface area (Å²) in [4.78, 5) is 11.1. The normalized spacial score (nSPS) is 12.1. The molecule has 5 heterocycles. The van der Waals surface area contributed by atoms with E-state index < -0.39 is 0 Å². The molecule has 0 saturated heterocycles. The number of fused-ring (bicyclic) bond motifs is 12. The van der Waals surface area contributed by atoms with Crippen molar-refractivity contribution < 1.29 is 0 Å². The van der Waals surface area contributed by atoms with E-state index in [9.17, 15) is 0 Å². The predicted octanol–water partition coefficient (Wildman–Crippen LogP) is 14.7. The molecule has 4 nitrogen and oxygen atoms in total. The summed E-state index contributed by atoms with van der Waals surface area (Å²) in [6.07, 6.45) is 0. The molecule has 0 saturated carbocycles. The summed E-state index contributed by atoms with van der Waals surface area (Å²) in [7, 11) is 0. The van der Waals surface area contributed by atoms with Gasteiger partial charge in [0.15, 0.2) is 0 Å². The molecule has 13 aromatic rings. The number of hydrogen-bond acceptors (Lipinski definition) is 4. The maximum atomic E-state index is 5.53. The van der Waals surface area contributed by atoms with Gasteiger partial charge in [0.2, 0.25) is 5.95 Å². The summed E-state index contributed by atoms with van der Waals surface area (Å²) in [5, 5.41) is 9.87. The van der Waals surface area contributed by atoms with Crippen molar-refractivity contribution in [1.29, 1.82) is 0 Å². The molecule has 0 spiro atoms. The average molecular weight is 775 g/mol. The first-order chi connectivity index (χ1) is 28.8. The summed E-state index contributed by atoms with van der Waals surface area (Å²) in [5.74, 6) is 0.652. The lowest BCUT2D eigenvalue weighted by atomic mass is 10.0. The molecule has 5 aromatic heterocycles. The van der Waals surface area contributed by atoms with Crippen LogP contribution in [0.3, 0.4) is 0 Å². The van der Waals surface area contributed by atoms with Crippen molar-refractivity contribution in [1.82, 2.24) is 19.1 Å². The van der Waals surface area contributed by atoms with Gasteiger partial charge in [0.25, 0.3) is 0 Å². The minimum atomic E-state index is 0.652. The minimum Gasteiger partial charge on any atom is -0.309 e. The van der Waals surface area contributed by atoms with Gasteiger partial charge in [0.05, 0.1) is 33.5 Å². The van der Waals surface area contributed by atoms with Crippen LogP contribution in [0.5, 0.6) is 0 Å². The van der Waals surface area contributed by atoms with Crippen LogP contribution in [-0.2, 0) is 0 Å². The van der Waals surface area contributed by atoms with Crippen molar-refractivity contribution in [3.05, 3.63) is 182 Å². The highest BCUT2D eigenvalue weighted by Crippen LogP contribution is 2.44. The highest BCUT2D eigenvalue weighted by atomic mass is 32.1. The van der Waals surface area contributed by atoms with Crippen LogP contribution in [0, 0.1) is 0 Å². The van der Waals surface area contributed by atoms with E-state index in [1.54, 1.807) is 0 Å². The van der Waals surface area contributed by atoms with Gasteiger partial charge >= 0.3 is 0 Å². The predicted molar refractivity (Wildman–Crippen MR) is 247 cm³/mol. The topological polar surface area (TPSA) is 35.6 Å². The van der Waals surface area contributed by atoms with Crippen molar-refractivity contribution in [3.63, 3.8) is 0 Å². The van der Waals surface area contributed by atoms with E-state index in [1.807, 2.05) is 22.7 Å². The third-order valence-electron chi connectivity index (χ3n) is 11.8. The molecule has 270 valence electrons. The molecule has 0 unspecified atom stereocenters. The SMILES string of the molecule is c1ccc2c(c1)sc1c(-c3cc(-c4cccc5c4sc4ccccc45)nc(-n4c5ccccc5c5cc(-n6c7ccccc7c7ccccc76)ccc54)n3)cccc12. The summed E-state index contributed by atoms with van der Waals surface area (Å²) in [6.45, 7) is 0. The third-order valence-corrected chi connectivity index (χ3v) is 14.2. The highest BCUT2D eigenvalue weighted by Gasteiger charge is 2.21. The zero-order valence-electron chi connectivity index (χ0n) is 30.9. The Balaban J connectivity index is 1.10. The smallest absolute Gasteiger partial charge is 0.235 e. The lowest BCUT2D eigenvalue weighted by Gasteiger charge is -2.13. The average Bonchev–Trinajstić information content (AvgIpc) is 4.04. The molecule has 8 aromatic carbocycles. The van der Waals surface area contributed by atoms with Crippen LogP contribution in [0.1, 0.15) is 0 Å². The maximum Gasteiger partial charge on any atom is 0.235 e. The maximum absolute atomic E-state index is 5.53. The molecule has 0 aliphatic rings. The number of rotatable bonds is 4. The third kappa shape index (κ3) is 4.55. The number of nitrogens with zero attached hydrogens (tertiary/aromatic N) is 4.